The molecular formula is C12H15FN2. The van der Waals surface area contributed by atoms with Crippen molar-refractivity contribution in [1.82, 2.24) is 10.3 Å². The Labute approximate surface area is 88.5 Å². The summed E-state index contributed by atoms with van der Waals surface area (Å²) in [6.45, 7) is 0.959. The molecule has 3 heteroatoms. The lowest BCUT2D eigenvalue weighted by Crippen LogP contribution is -2.08. The maximum absolute atomic E-state index is 13.6. The van der Waals surface area contributed by atoms with E-state index in [-0.39, 0.29) is 5.82 Å². The van der Waals surface area contributed by atoms with Gasteiger partial charge in [-0.1, -0.05) is 6.07 Å². The van der Waals surface area contributed by atoms with E-state index in [1.165, 1.54) is 6.07 Å². The number of halogens is 1. The van der Waals surface area contributed by atoms with Crippen molar-refractivity contribution in [3.8, 4) is 0 Å². The molecule has 2 nitrogen and oxygen atoms in total. The molecule has 0 fully saturated rings. The van der Waals surface area contributed by atoms with Crippen LogP contribution in [0.2, 0.25) is 0 Å². The summed E-state index contributed by atoms with van der Waals surface area (Å²) in [5.74, 6) is -0.131. The molecule has 0 radical (unpaired) electrons. The van der Waals surface area contributed by atoms with Crippen LogP contribution in [0.15, 0.2) is 24.4 Å². The van der Waals surface area contributed by atoms with Gasteiger partial charge in [-0.2, -0.15) is 0 Å². The first-order valence-corrected chi connectivity index (χ1v) is 5.22. The standard InChI is InChI=1S/C12H15FN2/c1-14-7-3-4-9-8-15-11-6-2-5-10(13)12(9)11/h2,5-6,8,14-15H,3-4,7H2,1H3. The lowest BCUT2D eigenvalue weighted by atomic mass is 10.1. The Morgan fingerprint density at radius 3 is 3.07 bits per heavy atom. The molecule has 0 spiro atoms. The van der Waals surface area contributed by atoms with Crippen LogP contribution in [0.25, 0.3) is 10.9 Å². The molecule has 1 aromatic carbocycles. The predicted molar refractivity (Wildman–Crippen MR) is 60.5 cm³/mol. The van der Waals surface area contributed by atoms with E-state index in [4.69, 9.17) is 0 Å². The number of nitrogens with one attached hydrogen (secondary N) is 2. The van der Waals surface area contributed by atoms with Gasteiger partial charge in [-0.3, -0.25) is 0 Å². The predicted octanol–water partition coefficient (Wildman–Crippen LogP) is 2.46. The molecule has 1 aromatic heterocycles. The summed E-state index contributed by atoms with van der Waals surface area (Å²) in [5.41, 5.74) is 1.95. The first-order chi connectivity index (χ1) is 7.33. The summed E-state index contributed by atoms with van der Waals surface area (Å²) in [6.07, 6.45) is 3.84. The minimum atomic E-state index is -0.131. The number of aromatic nitrogens is 1. The van der Waals surface area contributed by atoms with Crippen LogP contribution in [0.1, 0.15) is 12.0 Å². The van der Waals surface area contributed by atoms with Crippen molar-refractivity contribution in [2.24, 2.45) is 0 Å². The zero-order valence-electron chi connectivity index (χ0n) is 8.81. The summed E-state index contributed by atoms with van der Waals surface area (Å²) in [5, 5.41) is 3.83. The third kappa shape index (κ3) is 2.02. The van der Waals surface area contributed by atoms with Crippen molar-refractivity contribution in [2.75, 3.05) is 13.6 Å². The van der Waals surface area contributed by atoms with Crippen LogP contribution < -0.4 is 5.32 Å². The highest BCUT2D eigenvalue weighted by atomic mass is 19.1. The van der Waals surface area contributed by atoms with Gasteiger partial charge in [0, 0.05) is 17.1 Å². The number of hydrogen-bond acceptors (Lipinski definition) is 1. The normalized spacial score (nSPS) is 11.1. The highest BCUT2D eigenvalue weighted by Crippen LogP contribution is 2.22. The molecule has 0 bridgehead atoms. The van der Waals surface area contributed by atoms with Crippen LogP contribution in [-0.4, -0.2) is 18.6 Å². The number of rotatable bonds is 4. The van der Waals surface area contributed by atoms with E-state index in [1.54, 1.807) is 6.07 Å². The minimum Gasteiger partial charge on any atom is -0.361 e. The molecule has 2 N–H and O–H groups in total. The topological polar surface area (TPSA) is 27.8 Å². The molecule has 0 amide bonds. The summed E-state index contributed by atoms with van der Waals surface area (Å²) in [4.78, 5) is 3.10. The van der Waals surface area contributed by atoms with Crippen LogP contribution in [0, 0.1) is 5.82 Å². The van der Waals surface area contributed by atoms with Gasteiger partial charge in [0.15, 0.2) is 0 Å². The van der Waals surface area contributed by atoms with Gasteiger partial charge in [-0.25, -0.2) is 4.39 Å². The number of hydrogen-bond donors (Lipinski definition) is 2. The average molecular weight is 206 g/mol. The quantitative estimate of drug-likeness (QED) is 0.739. The molecule has 0 aliphatic rings. The van der Waals surface area contributed by atoms with Gasteiger partial charge in [-0.15, -0.1) is 0 Å². The van der Waals surface area contributed by atoms with E-state index in [0.717, 1.165) is 35.9 Å². The fourth-order valence-corrected chi connectivity index (χ4v) is 1.86. The fourth-order valence-electron chi connectivity index (χ4n) is 1.86. The van der Waals surface area contributed by atoms with Gasteiger partial charge < -0.3 is 10.3 Å². The molecule has 0 unspecified atom stereocenters. The fraction of sp³-hybridized carbons (Fsp3) is 0.333. The second-order valence-corrected chi connectivity index (χ2v) is 3.68. The minimum absolute atomic E-state index is 0.131. The van der Waals surface area contributed by atoms with Crippen molar-refractivity contribution in [2.45, 2.75) is 12.8 Å². The zero-order chi connectivity index (χ0) is 10.7. The molecule has 0 aliphatic carbocycles. The summed E-state index contributed by atoms with van der Waals surface area (Å²) < 4.78 is 13.6. The Kier molecular flexibility index (Phi) is 3.02. The third-order valence-corrected chi connectivity index (χ3v) is 2.61. The molecule has 0 atom stereocenters. The summed E-state index contributed by atoms with van der Waals surface area (Å²) in [6, 6.07) is 5.14. The average Bonchev–Trinajstić information content (AvgIpc) is 2.63. The van der Waals surface area contributed by atoms with E-state index in [9.17, 15) is 4.39 Å². The molecule has 15 heavy (non-hydrogen) atoms. The summed E-state index contributed by atoms with van der Waals surface area (Å²) in [7, 11) is 1.93. The van der Waals surface area contributed by atoms with Crippen LogP contribution in [-0.2, 0) is 6.42 Å². The van der Waals surface area contributed by atoms with E-state index in [2.05, 4.69) is 10.3 Å². The van der Waals surface area contributed by atoms with Crippen molar-refractivity contribution >= 4 is 10.9 Å². The van der Waals surface area contributed by atoms with Crippen LogP contribution in [0.3, 0.4) is 0 Å². The van der Waals surface area contributed by atoms with E-state index in [1.807, 2.05) is 19.3 Å². The molecule has 0 saturated carbocycles. The van der Waals surface area contributed by atoms with Gasteiger partial charge in [0.2, 0.25) is 0 Å². The number of aromatic amines is 1. The van der Waals surface area contributed by atoms with Gasteiger partial charge in [-0.05, 0) is 44.1 Å². The number of aryl methyl sites for hydroxylation is 1. The van der Waals surface area contributed by atoms with Gasteiger partial charge in [0.1, 0.15) is 5.82 Å². The first-order valence-electron chi connectivity index (χ1n) is 5.22. The number of H-pyrrole nitrogens is 1. The Morgan fingerprint density at radius 1 is 1.40 bits per heavy atom. The zero-order valence-corrected chi connectivity index (χ0v) is 8.81. The van der Waals surface area contributed by atoms with E-state index < -0.39 is 0 Å². The van der Waals surface area contributed by atoms with Crippen molar-refractivity contribution in [3.63, 3.8) is 0 Å². The van der Waals surface area contributed by atoms with E-state index >= 15 is 0 Å². The molecule has 1 heterocycles. The third-order valence-electron chi connectivity index (χ3n) is 2.61. The van der Waals surface area contributed by atoms with Gasteiger partial charge >= 0.3 is 0 Å². The Balaban J connectivity index is 2.27. The first kappa shape index (κ1) is 10.2. The van der Waals surface area contributed by atoms with E-state index in [0.29, 0.717) is 0 Å². The second-order valence-electron chi connectivity index (χ2n) is 3.68. The Bertz CT molecular complexity index is 448. The van der Waals surface area contributed by atoms with Gasteiger partial charge in [0.05, 0.1) is 0 Å². The maximum Gasteiger partial charge on any atom is 0.132 e. The van der Waals surface area contributed by atoms with Crippen LogP contribution >= 0.6 is 0 Å². The Morgan fingerprint density at radius 2 is 2.27 bits per heavy atom. The van der Waals surface area contributed by atoms with Crippen molar-refractivity contribution in [3.05, 3.63) is 35.8 Å². The molecule has 0 saturated heterocycles. The molecule has 80 valence electrons. The SMILES string of the molecule is CNCCCc1c[nH]c2cccc(F)c12. The van der Waals surface area contributed by atoms with Crippen molar-refractivity contribution < 1.29 is 4.39 Å². The highest BCUT2D eigenvalue weighted by molar-refractivity contribution is 5.83. The van der Waals surface area contributed by atoms with Crippen LogP contribution in [0.4, 0.5) is 4.39 Å². The van der Waals surface area contributed by atoms with Crippen molar-refractivity contribution in [1.29, 1.82) is 0 Å². The largest absolute Gasteiger partial charge is 0.361 e. The second kappa shape index (κ2) is 4.45. The maximum atomic E-state index is 13.6. The summed E-state index contributed by atoms with van der Waals surface area (Å²) >= 11 is 0. The number of fused-ring (bicyclic) bond motifs is 1. The monoisotopic (exact) mass is 206 g/mol. The lowest BCUT2D eigenvalue weighted by Gasteiger charge is -2.00. The molecule has 2 aromatic rings. The number of benzene rings is 1. The smallest absolute Gasteiger partial charge is 0.132 e. The van der Waals surface area contributed by atoms with Gasteiger partial charge in [0.25, 0.3) is 0 Å². The molecule has 2 rings (SSSR count). The van der Waals surface area contributed by atoms with Crippen LogP contribution in [0.5, 0.6) is 0 Å². The lowest BCUT2D eigenvalue weighted by molar-refractivity contribution is 0.638. The molecular weight excluding hydrogens is 191 g/mol. The highest BCUT2D eigenvalue weighted by Gasteiger charge is 2.07. The Hall–Kier alpha value is -1.35. The molecule has 0 aliphatic heterocycles.